The average Bonchev–Trinajstić information content (AvgIpc) is 2.19. The molecule has 0 radical (unpaired) electrons. The molecule has 0 atom stereocenters. The van der Waals surface area contributed by atoms with Crippen molar-refractivity contribution in [1.29, 1.82) is 0 Å². The summed E-state index contributed by atoms with van der Waals surface area (Å²) in [4.78, 5) is 11.3. The molecule has 15 heavy (non-hydrogen) atoms. The lowest BCUT2D eigenvalue weighted by Gasteiger charge is -2.06. The van der Waals surface area contributed by atoms with Gasteiger partial charge in [-0.1, -0.05) is 29.8 Å². The van der Waals surface area contributed by atoms with Crippen LogP contribution in [0.15, 0.2) is 24.3 Å². The van der Waals surface area contributed by atoms with Gasteiger partial charge in [0.1, 0.15) is 0 Å². The molecule has 0 aromatic heterocycles. The number of hydrazine groups is 1. The first-order valence-corrected chi connectivity index (χ1v) is 4.88. The summed E-state index contributed by atoms with van der Waals surface area (Å²) in [5.41, 5.74) is 12.1. The Morgan fingerprint density at radius 2 is 1.93 bits per heavy atom. The van der Waals surface area contributed by atoms with Crippen LogP contribution in [0.2, 0.25) is 0 Å². The Morgan fingerprint density at radius 1 is 1.33 bits per heavy atom. The maximum atomic E-state index is 11.3. The molecule has 80 valence electrons. The number of nitrogens with two attached hydrogens (primary N) is 1. The molecule has 0 aliphatic heterocycles. The van der Waals surface area contributed by atoms with E-state index in [1.807, 2.05) is 31.2 Å². The van der Waals surface area contributed by atoms with Crippen LogP contribution in [0.3, 0.4) is 0 Å². The predicted molar refractivity (Wildman–Crippen MR) is 62.9 cm³/mol. The number of rotatable bonds is 2. The first-order valence-electron chi connectivity index (χ1n) is 4.48. The maximum Gasteiger partial charge on any atom is 0.242 e. The van der Waals surface area contributed by atoms with E-state index in [1.54, 1.807) is 0 Å². The molecule has 0 saturated carbocycles. The van der Waals surface area contributed by atoms with Crippen molar-refractivity contribution in [3.05, 3.63) is 35.4 Å². The van der Waals surface area contributed by atoms with E-state index in [4.69, 9.17) is 5.73 Å². The standard InChI is InChI=1S/C10H13N3OS/c1-7-2-4-8(5-3-7)6-9(14)12-13-10(11)15/h2-5H,6H2,1H3,(H,12,14)(H3,11,13,15). The summed E-state index contributed by atoms with van der Waals surface area (Å²) in [5.74, 6) is -0.174. The quantitative estimate of drug-likeness (QED) is 0.501. The van der Waals surface area contributed by atoms with Gasteiger partial charge in [-0.05, 0) is 24.7 Å². The van der Waals surface area contributed by atoms with Crippen molar-refractivity contribution in [3.63, 3.8) is 0 Å². The van der Waals surface area contributed by atoms with Crippen molar-refractivity contribution in [3.8, 4) is 0 Å². The Morgan fingerprint density at radius 3 is 2.47 bits per heavy atom. The number of hydrogen-bond acceptors (Lipinski definition) is 2. The molecule has 0 saturated heterocycles. The normalized spacial score (nSPS) is 9.40. The van der Waals surface area contributed by atoms with Gasteiger partial charge in [0, 0.05) is 0 Å². The van der Waals surface area contributed by atoms with Gasteiger partial charge in [-0.2, -0.15) is 0 Å². The lowest BCUT2D eigenvalue weighted by atomic mass is 10.1. The van der Waals surface area contributed by atoms with Crippen LogP contribution >= 0.6 is 12.2 Å². The number of aryl methyl sites for hydroxylation is 1. The van der Waals surface area contributed by atoms with Crippen LogP contribution in [0.1, 0.15) is 11.1 Å². The molecule has 0 aliphatic carbocycles. The number of nitrogens with one attached hydrogen (secondary N) is 2. The number of hydrogen-bond donors (Lipinski definition) is 3. The molecule has 1 rings (SSSR count). The molecule has 4 N–H and O–H groups in total. The second-order valence-electron chi connectivity index (χ2n) is 3.20. The molecule has 1 aromatic carbocycles. The van der Waals surface area contributed by atoms with Crippen LogP contribution in [0.4, 0.5) is 0 Å². The van der Waals surface area contributed by atoms with Crippen molar-refractivity contribution in [2.75, 3.05) is 0 Å². The van der Waals surface area contributed by atoms with E-state index in [1.165, 1.54) is 5.56 Å². The van der Waals surface area contributed by atoms with Gasteiger partial charge in [0.15, 0.2) is 5.11 Å². The molecule has 1 amide bonds. The number of carbonyl (C=O) groups excluding carboxylic acids is 1. The van der Waals surface area contributed by atoms with Crippen molar-refractivity contribution in [2.24, 2.45) is 5.73 Å². The SMILES string of the molecule is Cc1ccc(CC(=O)NNC(N)=S)cc1. The Hall–Kier alpha value is -1.62. The highest BCUT2D eigenvalue weighted by Crippen LogP contribution is 2.03. The Labute approximate surface area is 93.8 Å². The van der Waals surface area contributed by atoms with Crippen LogP contribution in [0.5, 0.6) is 0 Å². The molecule has 1 aromatic rings. The van der Waals surface area contributed by atoms with E-state index < -0.39 is 0 Å². The zero-order chi connectivity index (χ0) is 11.3. The number of carbonyl (C=O) groups is 1. The van der Waals surface area contributed by atoms with Gasteiger partial charge in [-0.25, -0.2) is 0 Å². The third-order valence-corrected chi connectivity index (χ3v) is 1.91. The molecule has 0 aliphatic rings. The van der Waals surface area contributed by atoms with Gasteiger partial charge >= 0.3 is 0 Å². The topological polar surface area (TPSA) is 67.2 Å². The van der Waals surface area contributed by atoms with E-state index >= 15 is 0 Å². The van der Waals surface area contributed by atoms with Crippen molar-refractivity contribution >= 4 is 23.2 Å². The molecular weight excluding hydrogens is 210 g/mol. The summed E-state index contributed by atoms with van der Waals surface area (Å²) in [6.45, 7) is 2.00. The molecule has 5 heteroatoms. The number of amides is 1. The Balaban J connectivity index is 2.44. The van der Waals surface area contributed by atoms with Crippen LogP contribution in [-0.4, -0.2) is 11.0 Å². The summed E-state index contributed by atoms with van der Waals surface area (Å²) >= 11 is 4.55. The van der Waals surface area contributed by atoms with E-state index in [0.717, 1.165) is 5.56 Å². The second-order valence-corrected chi connectivity index (χ2v) is 3.64. The van der Waals surface area contributed by atoms with E-state index in [-0.39, 0.29) is 11.0 Å². The lowest BCUT2D eigenvalue weighted by Crippen LogP contribution is -2.44. The molecule has 0 fully saturated rings. The molecular formula is C10H13N3OS. The van der Waals surface area contributed by atoms with E-state index in [2.05, 4.69) is 23.1 Å². The average molecular weight is 223 g/mol. The third kappa shape index (κ3) is 4.42. The molecule has 0 unspecified atom stereocenters. The molecule has 0 heterocycles. The van der Waals surface area contributed by atoms with Crippen LogP contribution in [0.25, 0.3) is 0 Å². The molecule has 4 nitrogen and oxygen atoms in total. The summed E-state index contributed by atoms with van der Waals surface area (Å²) < 4.78 is 0. The first kappa shape index (κ1) is 11.5. The van der Waals surface area contributed by atoms with Crippen molar-refractivity contribution in [2.45, 2.75) is 13.3 Å². The second kappa shape index (κ2) is 5.31. The van der Waals surface area contributed by atoms with Gasteiger partial charge in [0.25, 0.3) is 0 Å². The van der Waals surface area contributed by atoms with Gasteiger partial charge in [-0.15, -0.1) is 0 Å². The number of benzene rings is 1. The van der Waals surface area contributed by atoms with Gasteiger partial charge in [0.2, 0.25) is 5.91 Å². The summed E-state index contributed by atoms with van der Waals surface area (Å²) in [7, 11) is 0. The fraction of sp³-hybridized carbons (Fsp3) is 0.200. The fourth-order valence-electron chi connectivity index (χ4n) is 1.07. The third-order valence-electron chi connectivity index (χ3n) is 1.81. The minimum absolute atomic E-state index is 0.0484. The zero-order valence-corrected chi connectivity index (χ0v) is 9.23. The number of thiocarbonyl (C=S) groups is 1. The van der Waals surface area contributed by atoms with E-state index in [9.17, 15) is 4.79 Å². The first-order chi connectivity index (χ1) is 7.08. The highest BCUT2D eigenvalue weighted by molar-refractivity contribution is 7.80. The van der Waals surface area contributed by atoms with Gasteiger partial charge < -0.3 is 5.73 Å². The minimum Gasteiger partial charge on any atom is -0.375 e. The van der Waals surface area contributed by atoms with Crippen LogP contribution in [0, 0.1) is 6.92 Å². The Kier molecular flexibility index (Phi) is 4.05. The van der Waals surface area contributed by atoms with Crippen molar-refractivity contribution in [1.82, 2.24) is 10.9 Å². The van der Waals surface area contributed by atoms with Gasteiger partial charge in [-0.3, -0.25) is 15.6 Å². The smallest absolute Gasteiger partial charge is 0.242 e. The van der Waals surface area contributed by atoms with Gasteiger partial charge in [0.05, 0.1) is 6.42 Å². The monoisotopic (exact) mass is 223 g/mol. The van der Waals surface area contributed by atoms with E-state index in [0.29, 0.717) is 6.42 Å². The van der Waals surface area contributed by atoms with Crippen LogP contribution < -0.4 is 16.6 Å². The molecule has 0 spiro atoms. The Bertz CT molecular complexity index is 361. The minimum atomic E-state index is -0.174. The summed E-state index contributed by atoms with van der Waals surface area (Å²) in [5, 5.41) is 0.0484. The predicted octanol–water partition coefficient (Wildman–Crippen LogP) is 0.402. The molecule has 0 bridgehead atoms. The van der Waals surface area contributed by atoms with Crippen molar-refractivity contribution < 1.29 is 4.79 Å². The fourth-order valence-corrected chi connectivity index (χ4v) is 1.12. The summed E-state index contributed by atoms with van der Waals surface area (Å²) in [6.07, 6.45) is 0.301. The lowest BCUT2D eigenvalue weighted by molar-refractivity contribution is -0.121. The maximum absolute atomic E-state index is 11.3. The highest BCUT2D eigenvalue weighted by atomic mass is 32.1. The summed E-state index contributed by atoms with van der Waals surface area (Å²) in [6, 6.07) is 7.75. The highest BCUT2D eigenvalue weighted by Gasteiger charge is 2.02. The van der Waals surface area contributed by atoms with Crippen LogP contribution in [-0.2, 0) is 11.2 Å². The largest absolute Gasteiger partial charge is 0.375 e. The zero-order valence-electron chi connectivity index (χ0n) is 8.41.